The Bertz CT molecular complexity index is 718. The lowest BCUT2D eigenvalue weighted by Gasteiger charge is -2.26. The van der Waals surface area contributed by atoms with Gasteiger partial charge in [-0.15, -0.1) is 0 Å². The van der Waals surface area contributed by atoms with Gasteiger partial charge in [0.1, 0.15) is 5.70 Å². The first-order chi connectivity index (χ1) is 13.6. The SMILES string of the molecule is CCOC(=O)/C(N)=C1\CCC(CCOCCO)CC1=NCc1ccccc1Cl. The highest BCUT2D eigenvalue weighted by Crippen LogP contribution is 2.31. The minimum absolute atomic E-state index is 0.0260. The number of esters is 1. The Hall–Kier alpha value is -1.89. The maximum atomic E-state index is 12.1. The molecule has 6 nitrogen and oxygen atoms in total. The van der Waals surface area contributed by atoms with Crippen LogP contribution in [0.25, 0.3) is 0 Å². The van der Waals surface area contributed by atoms with E-state index in [0.29, 0.717) is 37.1 Å². The smallest absolute Gasteiger partial charge is 0.354 e. The van der Waals surface area contributed by atoms with Gasteiger partial charge in [-0.1, -0.05) is 29.8 Å². The van der Waals surface area contributed by atoms with Gasteiger partial charge >= 0.3 is 5.97 Å². The Morgan fingerprint density at radius 1 is 1.36 bits per heavy atom. The average Bonchev–Trinajstić information content (AvgIpc) is 2.70. The molecule has 0 radical (unpaired) electrons. The highest BCUT2D eigenvalue weighted by atomic mass is 35.5. The summed E-state index contributed by atoms with van der Waals surface area (Å²) < 4.78 is 10.5. The van der Waals surface area contributed by atoms with E-state index in [1.807, 2.05) is 24.3 Å². The predicted octanol–water partition coefficient (Wildman–Crippen LogP) is 3.26. The molecule has 7 heteroatoms. The molecular weight excluding hydrogens is 380 g/mol. The molecule has 0 heterocycles. The van der Waals surface area contributed by atoms with Gasteiger partial charge < -0.3 is 20.3 Å². The summed E-state index contributed by atoms with van der Waals surface area (Å²) >= 11 is 6.24. The summed E-state index contributed by atoms with van der Waals surface area (Å²) in [6.45, 7) is 3.44. The third-order valence-electron chi connectivity index (χ3n) is 4.76. The minimum Gasteiger partial charge on any atom is -0.461 e. The molecule has 154 valence electrons. The van der Waals surface area contributed by atoms with E-state index in [2.05, 4.69) is 0 Å². The molecule has 1 saturated carbocycles. The van der Waals surface area contributed by atoms with Crippen molar-refractivity contribution in [2.75, 3.05) is 26.4 Å². The van der Waals surface area contributed by atoms with E-state index in [1.54, 1.807) is 6.92 Å². The van der Waals surface area contributed by atoms with Gasteiger partial charge in [0.05, 0.1) is 26.4 Å². The highest BCUT2D eigenvalue weighted by Gasteiger charge is 2.26. The van der Waals surface area contributed by atoms with E-state index in [1.165, 1.54) is 0 Å². The maximum Gasteiger partial charge on any atom is 0.354 e. The molecule has 1 aromatic rings. The number of carbonyl (C=O) groups is 1. The number of hydrogen-bond acceptors (Lipinski definition) is 6. The summed E-state index contributed by atoms with van der Waals surface area (Å²) in [7, 11) is 0. The third kappa shape index (κ3) is 6.62. The van der Waals surface area contributed by atoms with Crippen molar-refractivity contribution >= 4 is 23.3 Å². The van der Waals surface area contributed by atoms with Crippen LogP contribution in [0, 0.1) is 5.92 Å². The first-order valence-corrected chi connectivity index (χ1v) is 10.1. The number of carbonyl (C=O) groups excluding carboxylic acids is 1. The van der Waals surface area contributed by atoms with Crippen LogP contribution in [0.3, 0.4) is 0 Å². The summed E-state index contributed by atoms with van der Waals surface area (Å²) in [4.78, 5) is 16.9. The van der Waals surface area contributed by atoms with Crippen LogP contribution in [-0.2, 0) is 20.8 Å². The number of aliphatic imine (C=N–C) groups is 1. The molecule has 0 aliphatic heterocycles. The number of rotatable bonds is 9. The molecule has 0 aromatic heterocycles. The maximum absolute atomic E-state index is 12.1. The zero-order chi connectivity index (χ0) is 20.4. The zero-order valence-corrected chi connectivity index (χ0v) is 17.1. The zero-order valence-electron chi connectivity index (χ0n) is 16.3. The van der Waals surface area contributed by atoms with Crippen molar-refractivity contribution in [2.45, 2.75) is 39.2 Å². The molecule has 1 aromatic carbocycles. The van der Waals surface area contributed by atoms with E-state index >= 15 is 0 Å². The van der Waals surface area contributed by atoms with Crippen LogP contribution in [0.1, 0.15) is 38.2 Å². The van der Waals surface area contributed by atoms with Crippen molar-refractivity contribution in [1.82, 2.24) is 0 Å². The van der Waals surface area contributed by atoms with Gasteiger partial charge in [0.25, 0.3) is 0 Å². The van der Waals surface area contributed by atoms with E-state index in [0.717, 1.165) is 36.1 Å². The molecule has 1 aliphatic rings. The second-order valence-corrected chi connectivity index (χ2v) is 7.11. The lowest BCUT2D eigenvalue weighted by Crippen LogP contribution is -2.26. The standard InChI is InChI=1S/C21H29ClN2O4/c1-2-28-21(26)20(23)17-8-7-15(9-11-27-12-10-25)13-19(17)24-14-16-5-3-4-6-18(16)22/h3-6,15,25H,2,7-14,23H2,1H3/b20-17-,24-19?. The number of nitrogens with zero attached hydrogens (tertiary/aromatic N) is 1. The van der Waals surface area contributed by atoms with Crippen molar-refractivity contribution in [3.8, 4) is 0 Å². The summed E-state index contributed by atoms with van der Waals surface area (Å²) in [6.07, 6.45) is 3.18. The molecule has 1 atom stereocenters. The Morgan fingerprint density at radius 3 is 2.86 bits per heavy atom. The molecular formula is C21H29ClN2O4. The second-order valence-electron chi connectivity index (χ2n) is 6.70. The van der Waals surface area contributed by atoms with Gasteiger partial charge in [0, 0.05) is 22.9 Å². The normalized spacial score (nSPS) is 20.2. The Morgan fingerprint density at radius 2 is 2.14 bits per heavy atom. The van der Waals surface area contributed by atoms with Crippen molar-refractivity contribution < 1.29 is 19.4 Å². The monoisotopic (exact) mass is 408 g/mol. The largest absolute Gasteiger partial charge is 0.461 e. The van der Waals surface area contributed by atoms with Gasteiger partial charge in [-0.25, -0.2) is 4.79 Å². The molecule has 0 amide bonds. The number of ether oxygens (including phenoxy) is 2. The molecule has 0 saturated heterocycles. The quantitative estimate of drug-likeness (QED) is 0.371. The van der Waals surface area contributed by atoms with E-state index < -0.39 is 5.97 Å². The number of aliphatic hydroxyl groups is 1. The summed E-state index contributed by atoms with van der Waals surface area (Å²) in [6, 6.07) is 7.58. The minimum atomic E-state index is -0.493. The van der Waals surface area contributed by atoms with E-state index in [-0.39, 0.29) is 18.9 Å². The van der Waals surface area contributed by atoms with Gasteiger partial charge in [-0.2, -0.15) is 0 Å². The van der Waals surface area contributed by atoms with Crippen molar-refractivity contribution in [3.05, 3.63) is 46.1 Å². The molecule has 0 spiro atoms. The van der Waals surface area contributed by atoms with Crippen molar-refractivity contribution in [2.24, 2.45) is 16.6 Å². The van der Waals surface area contributed by atoms with Crippen molar-refractivity contribution in [3.63, 3.8) is 0 Å². The van der Waals surface area contributed by atoms with Crippen LogP contribution in [-0.4, -0.2) is 43.2 Å². The number of halogens is 1. The number of benzene rings is 1. The topological polar surface area (TPSA) is 94.1 Å². The van der Waals surface area contributed by atoms with E-state index in [4.69, 9.17) is 36.9 Å². The molecule has 1 unspecified atom stereocenters. The fourth-order valence-corrected chi connectivity index (χ4v) is 3.44. The van der Waals surface area contributed by atoms with Crippen LogP contribution in [0.2, 0.25) is 5.02 Å². The summed E-state index contributed by atoms with van der Waals surface area (Å²) in [5, 5.41) is 9.49. The Labute approximate surface area is 171 Å². The van der Waals surface area contributed by atoms with Crippen LogP contribution in [0.5, 0.6) is 0 Å². The fourth-order valence-electron chi connectivity index (χ4n) is 3.24. The molecule has 28 heavy (non-hydrogen) atoms. The van der Waals surface area contributed by atoms with Gasteiger partial charge in [-0.05, 0) is 50.2 Å². The van der Waals surface area contributed by atoms with Crippen LogP contribution in [0.4, 0.5) is 0 Å². The molecule has 0 bridgehead atoms. The predicted molar refractivity (Wildman–Crippen MR) is 110 cm³/mol. The highest BCUT2D eigenvalue weighted by molar-refractivity contribution is 6.31. The Balaban J connectivity index is 2.17. The average molecular weight is 409 g/mol. The van der Waals surface area contributed by atoms with Crippen LogP contribution < -0.4 is 5.73 Å². The van der Waals surface area contributed by atoms with Crippen LogP contribution in [0.15, 0.2) is 40.5 Å². The fraction of sp³-hybridized carbons (Fsp3) is 0.524. The molecule has 1 fully saturated rings. The van der Waals surface area contributed by atoms with Gasteiger partial charge in [-0.3, -0.25) is 4.99 Å². The first kappa shape index (κ1) is 22.4. The lowest BCUT2D eigenvalue weighted by molar-refractivity contribution is -0.138. The molecule has 3 N–H and O–H groups in total. The number of allylic oxidation sites excluding steroid dienone is 1. The third-order valence-corrected chi connectivity index (χ3v) is 5.13. The number of nitrogens with two attached hydrogens (primary N) is 1. The van der Waals surface area contributed by atoms with Gasteiger partial charge in [0.15, 0.2) is 0 Å². The van der Waals surface area contributed by atoms with E-state index in [9.17, 15) is 4.79 Å². The Kier molecular flexibility index (Phi) is 9.47. The second kappa shape index (κ2) is 11.8. The van der Waals surface area contributed by atoms with Gasteiger partial charge in [0.2, 0.25) is 0 Å². The number of hydrogen-bond donors (Lipinski definition) is 2. The first-order valence-electron chi connectivity index (χ1n) is 9.68. The summed E-state index contributed by atoms with van der Waals surface area (Å²) in [5.41, 5.74) is 8.79. The van der Waals surface area contributed by atoms with Crippen molar-refractivity contribution in [1.29, 1.82) is 0 Å². The molecule has 2 rings (SSSR count). The lowest BCUT2D eigenvalue weighted by atomic mass is 9.81. The number of aliphatic hydroxyl groups excluding tert-OH is 1. The summed E-state index contributed by atoms with van der Waals surface area (Å²) in [5.74, 6) is -0.102. The molecule has 1 aliphatic carbocycles. The van der Waals surface area contributed by atoms with Crippen LogP contribution >= 0.6 is 11.6 Å².